The predicted octanol–water partition coefficient (Wildman–Crippen LogP) is 4.20. The summed E-state index contributed by atoms with van der Waals surface area (Å²) in [6.07, 6.45) is 0. The van der Waals surface area contributed by atoms with E-state index in [1.54, 1.807) is 42.5 Å². The quantitative estimate of drug-likeness (QED) is 0.661. The Hall–Kier alpha value is -1.78. The Morgan fingerprint density at radius 2 is 1.71 bits per heavy atom. The van der Waals surface area contributed by atoms with Crippen LogP contribution in [0.2, 0.25) is 10.0 Å². The molecule has 0 aliphatic carbocycles. The molecule has 0 bridgehead atoms. The molecule has 3 nitrogen and oxygen atoms in total. The Labute approximate surface area is 132 Å². The summed E-state index contributed by atoms with van der Waals surface area (Å²) in [5, 5.41) is 1.11. The van der Waals surface area contributed by atoms with Crippen LogP contribution in [0.15, 0.2) is 47.5 Å². The molecule has 0 heterocycles. The van der Waals surface area contributed by atoms with Crippen molar-refractivity contribution in [2.45, 2.75) is 6.54 Å². The van der Waals surface area contributed by atoms with Gasteiger partial charge in [-0.2, -0.15) is 0 Å². The highest BCUT2D eigenvalue weighted by Gasteiger charge is 2.01. The minimum atomic E-state index is -0.863. The lowest BCUT2D eigenvalue weighted by Gasteiger charge is -2.05. The number of aliphatic imine (C=N–C) groups is 1. The number of hydrogen-bond donors (Lipinski definition) is 1. The number of nitrogens with zero attached hydrogens (tertiary/aromatic N) is 1. The van der Waals surface area contributed by atoms with Crippen LogP contribution in [0.5, 0.6) is 5.75 Å². The van der Waals surface area contributed by atoms with Crippen LogP contribution >= 0.6 is 23.2 Å². The van der Waals surface area contributed by atoms with Gasteiger partial charge < -0.3 is 10.5 Å². The molecule has 0 unspecified atom stereocenters. The molecule has 0 saturated carbocycles. The molecule has 0 atom stereocenters. The first-order chi connectivity index (χ1) is 10.1. The number of ether oxygens (including phenoxy) is 1. The van der Waals surface area contributed by atoms with E-state index in [1.165, 1.54) is 0 Å². The standard InChI is InChI=1S/C15H13Cl2FN2O/c16-12-5-10(6-13(17)7-12)8-20-15(19)11-1-3-14(4-2-11)21-9-18/h1-7H,8-9H2,(H2,19,20). The number of benzene rings is 2. The molecule has 0 spiro atoms. The van der Waals surface area contributed by atoms with Crippen LogP contribution in [0.3, 0.4) is 0 Å². The lowest BCUT2D eigenvalue weighted by Crippen LogP contribution is -2.13. The predicted molar refractivity (Wildman–Crippen MR) is 83.9 cm³/mol. The highest BCUT2D eigenvalue weighted by atomic mass is 35.5. The normalized spacial score (nSPS) is 11.5. The number of amidine groups is 1. The van der Waals surface area contributed by atoms with E-state index in [0.29, 0.717) is 28.2 Å². The summed E-state index contributed by atoms with van der Waals surface area (Å²) in [5.74, 6) is 0.813. The number of halogens is 3. The maximum Gasteiger partial charge on any atom is 0.228 e. The molecule has 2 rings (SSSR count). The second-order valence-corrected chi connectivity index (χ2v) is 5.13. The van der Waals surface area contributed by atoms with Gasteiger partial charge in [0.15, 0.2) is 0 Å². The summed E-state index contributed by atoms with van der Waals surface area (Å²) >= 11 is 11.8. The zero-order valence-corrected chi connectivity index (χ0v) is 12.5. The fourth-order valence-electron chi connectivity index (χ4n) is 1.75. The second kappa shape index (κ2) is 7.29. The molecule has 0 aliphatic rings. The van der Waals surface area contributed by atoms with Crippen molar-refractivity contribution in [1.82, 2.24) is 0 Å². The Kier molecular flexibility index (Phi) is 5.42. The first kappa shape index (κ1) is 15.6. The third-order valence-electron chi connectivity index (χ3n) is 2.73. The molecular weight excluding hydrogens is 314 g/mol. The van der Waals surface area contributed by atoms with E-state index in [0.717, 1.165) is 11.1 Å². The number of hydrogen-bond acceptors (Lipinski definition) is 2. The van der Waals surface area contributed by atoms with Crippen LogP contribution in [-0.2, 0) is 6.54 Å². The second-order valence-electron chi connectivity index (χ2n) is 4.26. The van der Waals surface area contributed by atoms with Gasteiger partial charge in [0.25, 0.3) is 0 Å². The van der Waals surface area contributed by atoms with Crippen LogP contribution in [0.25, 0.3) is 0 Å². The molecule has 2 aromatic carbocycles. The first-order valence-electron chi connectivity index (χ1n) is 6.12. The van der Waals surface area contributed by atoms with Gasteiger partial charge in [-0.3, -0.25) is 4.99 Å². The zero-order chi connectivity index (χ0) is 15.2. The molecule has 0 aromatic heterocycles. The Balaban J connectivity index is 2.09. The molecule has 21 heavy (non-hydrogen) atoms. The number of nitrogens with two attached hydrogens (primary N) is 1. The first-order valence-corrected chi connectivity index (χ1v) is 6.88. The van der Waals surface area contributed by atoms with Crippen LogP contribution in [0.4, 0.5) is 4.39 Å². The molecule has 6 heteroatoms. The highest BCUT2D eigenvalue weighted by molar-refractivity contribution is 6.34. The molecule has 2 aromatic rings. The molecule has 0 radical (unpaired) electrons. The topological polar surface area (TPSA) is 47.6 Å². The van der Waals surface area contributed by atoms with Gasteiger partial charge in [-0.05, 0) is 48.0 Å². The largest absolute Gasteiger partial charge is 0.463 e. The molecule has 2 N–H and O–H groups in total. The third-order valence-corrected chi connectivity index (χ3v) is 3.16. The van der Waals surface area contributed by atoms with Crippen molar-refractivity contribution in [3.05, 3.63) is 63.6 Å². The fourth-order valence-corrected chi connectivity index (χ4v) is 2.33. The summed E-state index contributed by atoms with van der Waals surface area (Å²) in [6, 6.07) is 11.9. The Morgan fingerprint density at radius 1 is 1.10 bits per heavy atom. The van der Waals surface area contributed by atoms with E-state index in [9.17, 15) is 4.39 Å². The molecule has 110 valence electrons. The molecule has 0 saturated heterocycles. The Bertz CT molecular complexity index is 624. The minimum Gasteiger partial charge on any atom is -0.463 e. The van der Waals surface area contributed by atoms with Crippen molar-refractivity contribution in [3.63, 3.8) is 0 Å². The van der Waals surface area contributed by atoms with Crippen LogP contribution in [0.1, 0.15) is 11.1 Å². The van der Waals surface area contributed by atoms with Crippen molar-refractivity contribution < 1.29 is 9.13 Å². The lowest BCUT2D eigenvalue weighted by molar-refractivity contribution is 0.192. The molecule has 0 amide bonds. The van der Waals surface area contributed by atoms with E-state index in [4.69, 9.17) is 33.7 Å². The molecular formula is C15H13Cl2FN2O. The van der Waals surface area contributed by atoms with Crippen molar-refractivity contribution in [1.29, 1.82) is 0 Å². The average Bonchev–Trinajstić information content (AvgIpc) is 2.45. The van der Waals surface area contributed by atoms with E-state index < -0.39 is 6.86 Å². The van der Waals surface area contributed by atoms with Gasteiger partial charge in [-0.25, -0.2) is 4.39 Å². The molecule has 0 fully saturated rings. The van der Waals surface area contributed by atoms with Gasteiger partial charge >= 0.3 is 0 Å². The van der Waals surface area contributed by atoms with Crippen molar-refractivity contribution >= 4 is 29.0 Å². The Morgan fingerprint density at radius 3 is 2.29 bits per heavy atom. The van der Waals surface area contributed by atoms with E-state index in [1.807, 2.05) is 0 Å². The summed E-state index contributed by atoms with van der Waals surface area (Å²) < 4.78 is 16.7. The highest BCUT2D eigenvalue weighted by Crippen LogP contribution is 2.19. The van der Waals surface area contributed by atoms with Gasteiger partial charge in [0, 0.05) is 15.6 Å². The maximum absolute atomic E-state index is 12.0. The number of rotatable bonds is 5. The third kappa shape index (κ3) is 4.62. The summed E-state index contributed by atoms with van der Waals surface area (Å²) in [5.41, 5.74) is 7.51. The smallest absolute Gasteiger partial charge is 0.228 e. The van der Waals surface area contributed by atoms with Gasteiger partial charge in [-0.1, -0.05) is 23.2 Å². The minimum absolute atomic E-state index is 0.370. The fraction of sp³-hybridized carbons (Fsp3) is 0.133. The van der Waals surface area contributed by atoms with Crippen molar-refractivity contribution in [2.75, 3.05) is 6.86 Å². The molecule has 0 aliphatic heterocycles. The van der Waals surface area contributed by atoms with E-state index in [2.05, 4.69) is 4.99 Å². The SMILES string of the molecule is NC(=NCc1cc(Cl)cc(Cl)c1)c1ccc(OCF)cc1. The lowest BCUT2D eigenvalue weighted by atomic mass is 10.2. The summed E-state index contributed by atoms with van der Waals surface area (Å²) in [7, 11) is 0. The van der Waals surface area contributed by atoms with Crippen molar-refractivity contribution in [2.24, 2.45) is 10.7 Å². The summed E-state index contributed by atoms with van der Waals surface area (Å²) in [6.45, 7) is -0.493. The van der Waals surface area contributed by atoms with Gasteiger partial charge in [-0.15, -0.1) is 0 Å². The van der Waals surface area contributed by atoms with Crippen LogP contribution < -0.4 is 10.5 Å². The van der Waals surface area contributed by atoms with Crippen molar-refractivity contribution in [3.8, 4) is 5.75 Å². The van der Waals surface area contributed by atoms with Gasteiger partial charge in [0.05, 0.1) is 6.54 Å². The summed E-state index contributed by atoms with van der Waals surface area (Å²) in [4.78, 5) is 4.28. The van der Waals surface area contributed by atoms with E-state index in [-0.39, 0.29) is 0 Å². The number of alkyl halides is 1. The average molecular weight is 327 g/mol. The van der Waals surface area contributed by atoms with Crippen LogP contribution in [-0.4, -0.2) is 12.7 Å². The van der Waals surface area contributed by atoms with Gasteiger partial charge in [0.1, 0.15) is 11.6 Å². The zero-order valence-electron chi connectivity index (χ0n) is 11.0. The van der Waals surface area contributed by atoms with Crippen LogP contribution in [0, 0.1) is 0 Å². The van der Waals surface area contributed by atoms with Gasteiger partial charge in [0.2, 0.25) is 6.86 Å². The maximum atomic E-state index is 12.0. The van der Waals surface area contributed by atoms with E-state index >= 15 is 0 Å². The monoisotopic (exact) mass is 326 g/mol.